The molecule has 22 heavy (non-hydrogen) atoms. The van der Waals surface area contributed by atoms with Crippen LogP contribution < -0.4 is 10.6 Å². The van der Waals surface area contributed by atoms with Gasteiger partial charge in [0.25, 0.3) is 0 Å². The lowest BCUT2D eigenvalue weighted by Gasteiger charge is -2.19. The minimum Gasteiger partial charge on any atom is -0.467 e. The minimum absolute atomic E-state index is 0.0775. The number of alkyl halides is 3. The predicted octanol–water partition coefficient (Wildman–Crippen LogP) is 2.71. The van der Waals surface area contributed by atoms with Crippen molar-refractivity contribution in [1.29, 1.82) is 0 Å². The predicted molar refractivity (Wildman–Crippen MR) is 70.0 cm³/mol. The monoisotopic (exact) mass is 317 g/mol. The van der Waals surface area contributed by atoms with E-state index in [0.29, 0.717) is 6.54 Å². The summed E-state index contributed by atoms with van der Waals surface area (Å²) in [5.74, 6) is -0.488. The molecule has 2 N–H and O–H groups in total. The van der Waals surface area contributed by atoms with Crippen molar-refractivity contribution in [2.24, 2.45) is 0 Å². The number of nitrogens with one attached hydrogen (secondary N) is 2. The van der Waals surface area contributed by atoms with E-state index in [2.05, 4.69) is 15.4 Å². The van der Waals surface area contributed by atoms with E-state index in [1.165, 1.54) is 17.1 Å². The van der Waals surface area contributed by atoms with Crippen LogP contribution in [0.1, 0.15) is 25.1 Å². The number of carbonyl (C=O) groups is 1. The van der Waals surface area contributed by atoms with Gasteiger partial charge in [-0.25, -0.2) is 9.78 Å². The van der Waals surface area contributed by atoms with E-state index in [0.717, 1.165) is 18.8 Å². The van der Waals surface area contributed by atoms with E-state index in [1.807, 2.05) is 6.92 Å². The molecule has 0 aliphatic carbocycles. The molecule has 0 aromatic carbocycles. The van der Waals surface area contributed by atoms with Gasteiger partial charge < -0.3 is 9.73 Å². The maximum Gasteiger partial charge on any atom is 0.416 e. The van der Waals surface area contributed by atoms with Gasteiger partial charge in [-0.15, -0.1) is 5.10 Å². The van der Waals surface area contributed by atoms with Crippen molar-refractivity contribution in [1.82, 2.24) is 20.1 Å². The molecule has 2 rings (SSSR count). The van der Waals surface area contributed by atoms with Gasteiger partial charge in [-0.1, -0.05) is 6.92 Å². The highest BCUT2D eigenvalue weighted by atomic mass is 19.4. The number of aromatic nitrogens is 3. The molecule has 0 unspecified atom stereocenters. The maximum atomic E-state index is 12.9. The molecule has 0 aliphatic heterocycles. The zero-order valence-electron chi connectivity index (χ0n) is 11.6. The molecule has 2 heterocycles. The highest BCUT2D eigenvalue weighted by Crippen LogP contribution is 2.32. The van der Waals surface area contributed by atoms with Gasteiger partial charge in [-0.2, -0.15) is 13.2 Å². The molecule has 120 valence electrons. The standard InChI is InChI=1S/C12H14F3N5O2/c1-2-5-20-7-16-10(19-20)18-11(21)17-9(12(13,14)15)8-4-3-6-22-8/h3-4,6-7,9H,2,5H2,1H3,(H2,17,18,19,21)/t9-/m0/s1. The third-order valence-corrected chi connectivity index (χ3v) is 2.64. The van der Waals surface area contributed by atoms with Crippen LogP contribution in [0, 0.1) is 0 Å². The van der Waals surface area contributed by atoms with Crippen LogP contribution in [0.15, 0.2) is 29.1 Å². The van der Waals surface area contributed by atoms with Crippen LogP contribution in [0.5, 0.6) is 0 Å². The minimum atomic E-state index is -4.69. The van der Waals surface area contributed by atoms with Gasteiger partial charge >= 0.3 is 12.2 Å². The number of rotatable bonds is 5. The topological polar surface area (TPSA) is 85.0 Å². The van der Waals surface area contributed by atoms with Crippen molar-refractivity contribution in [3.63, 3.8) is 0 Å². The van der Waals surface area contributed by atoms with Gasteiger partial charge in [0.2, 0.25) is 5.95 Å². The summed E-state index contributed by atoms with van der Waals surface area (Å²) >= 11 is 0. The van der Waals surface area contributed by atoms with E-state index in [1.54, 1.807) is 5.32 Å². The van der Waals surface area contributed by atoms with Crippen LogP contribution in [0.2, 0.25) is 0 Å². The molecule has 10 heteroatoms. The molecule has 7 nitrogen and oxygen atoms in total. The number of halogens is 3. The normalized spacial score (nSPS) is 12.9. The Labute approximate surface area is 123 Å². The number of urea groups is 1. The van der Waals surface area contributed by atoms with Crippen LogP contribution >= 0.6 is 0 Å². The number of furan rings is 1. The second-order valence-corrected chi connectivity index (χ2v) is 4.42. The Morgan fingerprint density at radius 2 is 2.27 bits per heavy atom. The lowest BCUT2D eigenvalue weighted by atomic mass is 10.2. The molecule has 0 saturated heterocycles. The van der Waals surface area contributed by atoms with Gasteiger partial charge in [-0.05, 0) is 18.6 Å². The van der Waals surface area contributed by atoms with Crippen molar-refractivity contribution in [3.05, 3.63) is 30.5 Å². The second kappa shape index (κ2) is 6.50. The van der Waals surface area contributed by atoms with Gasteiger partial charge in [0.1, 0.15) is 12.1 Å². The second-order valence-electron chi connectivity index (χ2n) is 4.42. The SMILES string of the molecule is CCCn1cnc(NC(=O)N[C@@H](c2ccco2)C(F)(F)F)n1. The summed E-state index contributed by atoms with van der Waals surface area (Å²) in [6.07, 6.45) is -1.40. The molecule has 2 aromatic rings. The van der Waals surface area contributed by atoms with Crippen molar-refractivity contribution >= 4 is 12.0 Å². The Hall–Kier alpha value is -2.52. The number of hydrogen-bond acceptors (Lipinski definition) is 4. The molecule has 0 saturated carbocycles. The van der Waals surface area contributed by atoms with E-state index < -0.39 is 24.0 Å². The van der Waals surface area contributed by atoms with Crippen LogP contribution in [-0.2, 0) is 6.54 Å². The smallest absolute Gasteiger partial charge is 0.416 e. The molecule has 0 spiro atoms. The van der Waals surface area contributed by atoms with Gasteiger partial charge in [0.15, 0.2) is 6.04 Å². The zero-order chi connectivity index (χ0) is 16.2. The number of nitrogens with zero attached hydrogens (tertiary/aromatic N) is 3. The summed E-state index contributed by atoms with van der Waals surface area (Å²) in [7, 11) is 0. The Kier molecular flexibility index (Phi) is 4.68. The summed E-state index contributed by atoms with van der Waals surface area (Å²) in [5, 5.41) is 7.84. The fourth-order valence-corrected chi connectivity index (χ4v) is 1.73. The maximum absolute atomic E-state index is 12.9. The van der Waals surface area contributed by atoms with Gasteiger partial charge in [0, 0.05) is 6.54 Å². The molecule has 2 aromatic heterocycles. The van der Waals surface area contributed by atoms with Crippen LogP contribution in [0.3, 0.4) is 0 Å². The molecular weight excluding hydrogens is 303 g/mol. The van der Waals surface area contributed by atoms with E-state index in [9.17, 15) is 18.0 Å². The molecule has 0 radical (unpaired) electrons. The Morgan fingerprint density at radius 3 is 2.86 bits per heavy atom. The summed E-state index contributed by atoms with van der Waals surface area (Å²) < 4.78 is 45.0. The summed E-state index contributed by atoms with van der Waals surface area (Å²) in [6.45, 7) is 2.52. The lowest BCUT2D eigenvalue weighted by Crippen LogP contribution is -2.40. The highest BCUT2D eigenvalue weighted by molar-refractivity contribution is 5.87. The first-order valence-electron chi connectivity index (χ1n) is 6.47. The first-order chi connectivity index (χ1) is 10.4. The van der Waals surface area contributed by atoms with Crippen molar-refractivity contribution < 1.29 is 22.4 Å². The first kappa shape index (κ1) is 15.9. The molecule has 1 atom stereocenters. The van der Waals surface area contributed by atoms with E-state index in [-0.39, 0.29) is 5.95 Å². The summed E-state index contributed by atoms with van der Waals surface area (Å²) in [5.41, 5.74) is 0. The zero-order valence-corrected chi connectivity index (χ0v) is 11.6. The number of amides is 2. The molecule has 0 aliphatic rings. The fourth-order valence-electron chi connectivity index (χ4n) is 1.73. The number of aryl methyl sites for hydroxylation is 1. The Balaban J connectivity index is 2.02. The molecule has 0 fully saturated rings. The van der Waals surface area contributed by atoms with Crippen LogP contribution in [0.4, 0.5) is 23.9 Å². The van der Waals surface area contributed by atoms with E-state index >= 15 is 0 Å². The third kappa shape index (κ3) is 3.99. The quantitative estimate of drug-likeness (QED) is 0.888. The third-order valence-electron chi connectivity index (χ3n) is 2.64. The molecular formula is C12H14F3N5O2. The first-order valence-corrected chi connectivity index (χ1v) is 6.47. The van der Waals surface area contributed by atoms with Crippen molar-refractivity contribution in [2.45, 2.75) is 32.1 Å². The average Bonchev–Trinajstić information content (AvgIpc) is 3.07. The Bertz CT molecular complexity index is 609. The molecule has 0 bridgehead atoms. The van der Waals surface area contributed by atoms with Crippen molar-refractivity contribution in [2.75, 3.05) is 5.32 Å². The van der Waals surface area contributed by atoms with E-state index in [4.69, 9.17) is 4.42 Å². The summed E-state index contributed by atoms with van der Waals surface area (Å²) in [6, 6.07) is -0.887. The highest BCUT2D eigenvalue weighted by Gasteiger charge is 2.43. The lowest BCUT2D eigenvalue weighted by molar-refractivity contribution is -0.158. The van der Waals surface area contributed by atoms with Crippen LogP contribution in [-0.4, -0.2) is 27.0 Å². The summed E-state index contributed by atoms with van der Waals surface area (Å²) in [4.78, 5) is 15.5. The van der Waals surface area contributed by atoms with Gasteiger partial charge in [0.05, 0.1) is 6.26 Å². The van der Waals surface area contributed by atoms with Crippen LogP contribution in [0.25, 0.3) is 0 Å². The van der Waals surface area contributed by atoms with Crippen molar-refractivity contribution in [3.8, 4) is 0 Å². The number of hydrogen-bond donors (Lipinski definition) is 2. The largest absolute Gasteiger partial charge is 0.467 e. The van der Waals surface area contributed by atoms with Gasteiger partial charge in [-0.3, -0.25) is 10.00 Å². The molecule has 2 amide bonds. The number of carbonyl (C=O) groups excluding carboxylic acids is 1. The fraction of sp³-hybridized carbons (Fsp3) is 0.417. The number of anilines is 1. The average molecular weight is 317 g/mol. The Morgan fingerprint density at radius 1 is 1.50 bits per heavy atom.